The molecule has 2 aromatic carbocycles. The number of hydrogen-bond acceptors (Lipinski definition) is 4. The maximum Gasteiger partial charge on any atom is 0.258 e. The Bertz CT molecular complexity index is 956. The Kier molecular flexibility index (Phi) is 5.55. The number of carbonyl (C=O) groups excluding carboxylic acids is 2. The number of rotatable bonds is 9. The lowest BCUT2D eigenvalue weighted by molar-refractivity contribution is -0.164. The van der Waals surface area contributed by atoms with Crippen molar-refractivity contribution in [1.82, 2.24) is 5.32 Å². The van der Waals surface area contributed by atoms with Gasteiger partial charge in [-0.3, -0.25) is 9.59 Å². The van der Waals surface area contributed by atoms with Crippen molar-refractivity contribution in [1.29, 1.82) is 0 Å². The first-order valence-electron chi connectivity index (χ1n) is 9.82. The van der Waals surface area contributed by atoms with Gasteiger partial charge in [-0.1, -0.05) is 35.9 Å². The number of halogens is 2. The Morgan fingerprint density at radius 3 is 2.47 bits per heavy atom. The number of carbonyl (C=O) groups is 2. The average Bonchev–Trinajstić information content (AvgIpc) is 2.67. The van der Waals surface area contributed by atoms with E-state index >= 15 is 0 Å². The van der Waals surface area contributed by atoms with Crippen LogP contribution in [0.5, 0.6) is 5.75 Å². The summed E-state index contributed by atoms with van der Waals surface area (Å²) in [5.41, 5.74) is 1.51. The smallest absolute Gasteiger partial charge is 0.258 e. The van der Waals surface area contributed by atoms with E-state index in [0.717, 1.165) is 30.9 Å². The molecule has 1 N–H and O–H groups in total. The van der Waals surface area contributed by atoms with Crippen molar-refractivity contribution in [2.24, 2.45) is 5.41 Å². The van der Waals surface area contributed by atoms with Gasteiger partial charge in [-0.05, 0) is 42.4 Å². The summed E-state index contributed by atoms with van der Waals surface area (Å²) >= 11 is 5.63. The molecule has 5 rings (SSSR count). The van der Waals surface area contributed by atoms with Gasteiger partial charge in [-0.25, -0.2) is 4.39 Å². The molecule has 0 heterocycles. The summed E-state index contributed by atoms with van der Waals surface area (Å²) in [6, 6.07) is 11.6. The van der Waals surface area contributed by atoms with Gasteiger partial charge in [0.15, 0.2) is 12.4 Å². The third kappa shape index (κ3) is 4.20. The summed E-state index contributed by atoms with van der Waals surface area (Å²) in [5, 5.41) is 3.01. The van der Waals surface area contributed by atoms with Gasteiger partial charge < -0.3 is 14.8 Å². The summed E-state index contributed by atoms with van der Waals surface area (Å²) in [7, 11) is 1.64. The van der Waals surface area contributed by atoms with E-state index in [9.17, 15) is 14.0 Å². The van der Waals surface area contributed by atoms with Gasteiger partial charge in [0.2, 0.25) is 0 Å². The predicted molar refractivity (Wildman–Crippen MR) is 110 cm³/mol. The van der Waals surface area contributed by atoms with E-state index in [0.29, 0.717) is 18.6 Å². The van der Waals surface area contributed by atoms with Crippen LogP contribution >= 0.6 is 11.6 Å². The molecule has 2 bridgehead atoms. The second kappa shape index (κ2) is 8.00. The van der Waals surface area contributed by atoms with Gasteiger partial charge in [0, 0.05) is 30.7 Å². The van der Waals surface area contributed by atoms with Crippen LogP contribution in [0.1, 0.15) is 41.6 Å². The molecule has 3 aliphatic carbocycles. The molecule has 0 radical (unpaired) electrons. The second-order valence-corrected chi connectivity index (χ2v) is 8.86. The lowest BCUT2D eigenvalue weighted by Gasteiger charge is -2.70. The Labute approximate surface area is 179 Å². The van der Waals surface area contributed by atoms with Crippen LogP contribution in [0.25, 0.3) is 0 Å². The van der Waals surface area contributed by atoms with Crippen LogP contribution in [0.15, 0.2) is 42.5 Å². The number of nitrogens with one attached hydrogen (secondary N) is 1. The highest BCUT2D eigenvalue weighted by Crippen LogP contribution is 2.69. The molecule has 0 spiro atoms. The number of ketones is 1. The zero-order valence-electron chi connectivity index (χ0n) is 16.7. The lowest BCUT2D eigenvalue weighted by atomic mass is 9.38. The van der Waals surface area contributed by atoms with Crippen molar-refractivity contribution >= 4 is 23.3 Å². The maximum absolute atomic E-state index is 13.4. The quantitative estimate of drug-likeness (QED) is 0.601. The first-order chi connectivity index (χ1) is 14.3. The van der Waals surface area contributed by atoms with Crippen molar-refractivity contribution in [3.8, 4) is 5.75 Å². The predicted octanol–water partition coefficient (Wildman–Crippen LogP) is 4.32. The minimum atomic E-state index is -0.589. The van der Waals surface area contributed by atoms with Crippen LogP contribution in [-0.2, 0) is 16.1 Å². The standard InChI is InChI=1S/C23H23ClFNO4/c1-29-10-15-2-4-16(5-3-15)20(27)9-22-12-23(13-22,14-22)26-21(28)11-30-17-6-7-18(24)19(25)8-17/h2-8H,9-14H2,1H3,(H,26,28). The third-order valence-corrected chi connectivity index (χ3v) is 6.23. The van der Waals surface area contributed by atoms with Gasteiger partial charge in [0.25, 0.3) is 5.91 Å². The summed E-state index contributed by atoms with van der Waals surface area (Å²) in [4.78, 5) is 24.8. The van der Waals surface area contributed by atoms with Crippen LogP contribution in [0.4, 0.5) is 4.39 Å². The van der Waals surface area contributed by atoms with Crippen LogP contribution in [-0.4, -0.2) is 30.9 Å². The second-order valence-electron chi connectivity index (χ2n) is 8.45. The Balaban J connectivity index is 1.22. The summed E-state index contributed by atoms with van der Waals surface area (Å²) in [5.74, 6) is -0.456. The van der Waals surface area contributed by atoms with Crippen molar-refractivity contribution in [2.45, 2.75) is 37.8 Å². The van der Waals surface area contributed by atoms with E-state index in [1.165, 1.54) is 12.1 Å². The molecule has 30 heavy (non-hydrogen) atoms. The molecule has 7 heteroatoms. The molecule has 3 fully saturated rings. The van der Waals surface area contributed by atoms with Gasteiger partial charge in [0.05, 0.1) is 11.6 Å². The zero-order chi connectivity index (χ0) is 21.4. The highest BCUT2D eigenvalue weighted by atomic mass is 35.5. The molecule has 3 aliphatic rings. The van der Waals surface area contributed by atoms with Crippen LogP contribution in [0, 0.1) is 11.2 Å². The van der Waals surface area contributed by atoms with E-state index in [1.807, 2.05) is 24.3 Å². The van der Waals surface area contributed by atoms with E-state index in [4.69, 9.17) is 21.1 Å². The fraction of sp³-hybridized carbons (Fsp3) is 0.391. The molecule has 0 aliphatic heterocycles. The van der Waals surface area contributed by atoms with Crippen molar-refractivity contribution < 1.29 is 23.5 Å². The Morgan fingerprint density at radius 2 is 1.83 bits per heavy atom. The number of ether oxygens (including phenoxy) is 2. The van der Waals surface area contributed by atoms with Crippen molar-refractivity contribution in [2.75, 3.05) is 13.7 Å². The zero-order valence-corrected chi connectivity index (χ0v) is 17.4. The van der Waals surface area contributed by atoms with E-state index < -0.39 is 5.82 Å². The van der Waals surface area contributed by atoms with Gasteiger partial charge in [-0.2, -0.15) is 0 Å². The normalized spacial score (nSPS) is 23.8. The Hall–Kier alpha value is -2.44. The van der Waals surface area contributed by atoms with Gasteiger partial charge >= 0.3 is 0 Å². The molecule has 0 atom stereocenters. The number of amides is 1. The minimum absolute atomic E-state index is 0.00424. The first-order valence-corrected chi connectivity index (χ1v) is 10.2. The largest absolute Gasteiger partial charge is 0.484 e. The average molecular weight is 432 g/mol. The summed E-state index contributed by atoms with van der Waals surface area (Å²) in [6.45, 7) is 0.333. The molecule has 1 amide bonds. The van der Waals surface area contributed by atoms with E-state index in [-0.39, 0.29) is 40.0 Å². The van der Waals surface area contributed by atoms with E-state index in [1.54, 1.807) is 7.11 Å². The third-order valence-electron chi connectivity index (χ3n) is 5.93. The van der Waals surface area contributed by atoms with Crippen molar-refractivity contribution in [3.05, 3.63) is 64.4 Å². The Morgan fingerprint density at radius 1 is 1.13 bits per heavy atom. The highest BCUT2D eigenvalue weighted by Gasteiger charge is 2.68. The minimum Gasteiger partial charge on any atom is -0.484 e. The number of methoxy groups -OCH3 is 1. The molecule has 0 saturated heterocycles. The number of hydrogen-bond donors (Lipinski definition) is 1. The molecule has 158 valence electrons. The maximum atomic E-state index is 13.4. The lowest BCUT2D eigenvalue weighted by Crippen LogP contribution is -2.75. The van der Waals surface area contributed by atoms with Crippen LogP contribution in [0.3, 0.4) is 0 Å². The monoisotopic (exact) mass is 431 g/mol. The molecule has 3 saturated carbocycles. The first kappa shape index (κ1) is 20.8. The van der Waals surface area contributed by atoms with Crippen LogP contribution < -0.4 is 10.1 Å². The fourth-order valence-electron chi connectivity index (χ4n) is 4.76. The van der Waals surface area contributed by atoms with Crippen LogP contribution in [0.2, 0.25) is 5.02 Å². The number of Topliss-reactive ketones (excluding diaryl/α,β-unsaturated/α-hetero) is 1. The van der Waals surface area contributed by atoms with Gasteiger partial charge in [0.1, 0.15) is 11.6 Å². The molecule has 5 nitrogen and oxygen atoms in total. The molecular formula is C23H23ClFNO4. The van der Waals surface area contributed by atoms with Crippen molar-refractivity contribution in [3.63, 3.8) is 0 Å². The fourth-order valence-corrected chi connectivity index (χ4v) is 4.88. The molecule has 0 unspecified atom stereocenters. The topological polar surface area (TPSA) is 64.6 Å². The SMILES string of the molecule is COCc1ccc(C(=O)CC23CC(NC(=O)COc4ccc(Cl)c(F)c4)(C2)C3)cc1. The number of benzene rings is 2. The highest BCUT2D eigenvalue weighted by molar-refractivity contribution is 6.30. The molecule has 0 aromatic heterocycles. The summed E-state index contributed by atoms with van der Waals surface area (Å²) in [6.07, 6.45) is 2.90. The van der Waals surface area contributed by atoms with E-state index in [2.05, 4.69) is 5.32 Å². The molecule has 2 aromatic rings. The van der Waals surface area contributed by atoms with Gasteiger partial charge in [-0.15, -0.1) is 0 Å². The summed E-state index contributed by atoms with van der Waals surface area (Å²) < 4.78 is 23.8. The molecular weight excluding hydrogens is 409 g/mol.